The second-order valence-electron chi connectivity index (χ2n) is 4.51. The van der Waals surface area contributed by atoms with E-state index in [0.29, 0.717) is 11.6 Å². The van der Waals surface area contributed by atoms with Gasteiger partial charge in [0.2, 0.25) is 5.88 Å². The third-order valence-corrected chi connectivity index (χ3v) is 3.32. The zero-order chi connectivity index (χ0) is 15.2. The molecule has 1 unspecified atom stereocenters. The van der Waals surface area contributed by atoms with Gasteiger partial charge in [-0.25, -0.2) is 9.37 Å². The fourth-order valence-electron chi connectivity index (χ4n) is 2.04. The highest BCUT2D eigenvalue weighted by Crippen LogP contribution is 2.28. The maximum absolute atomic E-state index is 13.4. The maximum Gasteiger partial charge on any atom is 0.237 e. The van der Waals surface area contributed by atoms with Crippen molar-refractivity contribution in [3.8, 4) is 5.88 Å². The quantitative estimate of drug-likeness (QED) is 0.889. The van der Waals surface area contributed by atoms with Gasteiger partial charge in [-0.15, -0.1) is 0 Å². The molecule has 0 radical (unpaired) electrons. The summed E-state index contributed by atoms with van der Waals surface area (Å²) in [5.74, 6) is -0.00711. The molecule has 2 aromatic rings. The predicted molar refractivity (Wildman–Crippen MR) is 80.1 cm³/mol. The summed E-state index contributed by atoms with van der Waals surface area (Å²) >= 11 is 5.88. The van der Waals surface area contributed by atoms with Crippen LogP contribution in [0.2, 0.25) is 5.02 Å². The summed E-state index contributed by atoms with van der Waals surface area (Å²) in [5, 5.41) is 3.44. The van der Waals surface area contributed by atoms with Crippen LogP contribution >= 0.6 is 11.6 Å². The molecule has 1 aromatic heterocycles. The molecule has 21 heavy (non-hydrogen) atoms. The minimum Gasteiger partial charge on any atom is -0.480 e. The smallest absolute Gasteiger partial charge is 0.237 e. The molecule has 0 aliphatic carbocycles. The first-order chi connectivity index (χ1) is 10.2. The van der Waals surface area contributed by atoms with Gasteiger partial charge in [-0.05, 0) is 30.7 Å². The van der Waals surface area contributed by atoms with Crippen LogP contribution in [0.5, 0.6) is 5.88 Å². The molecule has 0 saturated carbocycles. The minimum absolute atomic E-state index is 0.0821. The van der Waals surface area contributed by atoms with Crippen molar-refractivity contribution >= 4 is 11.6 Å². The third-order valence-electron chi connectivity index (χ3n) is 3.03. The van der Waals surface area contributed by atoms with Crippen LogP contribution in [0, 0.1) is 5.82 Å². The number of benzene rings is 1. The van der Waals surface area contributed by atoms with E-state index in [-0.39, 0.29) is 11.1 Å². The number of hydrogen-bond acceptors (Lipinski definition) is 4. The number of aromatic nitrogens is 2. The van der Waals surface area contributed by atoms with Gasteiger partial charge in [-0.2, -0.15) is 0 Å². The zero-order valence-electron chi connectivity index (χ0n) is 11.9. The SMILES string of the molecule is CCCNC(c1ccc(F)c(Cl)c1)c1nccnc1OC. The highest BCUT2D eigenvalue weighted by molar-refractivity contribution is 6.30. The number of methoxy groups -OCH3 is 1. The van der Waals surface area contributed by atoms with Crippen molar-refractivity contribution in [3.63, 3.8) is 0 Å². The molecule has 1 heterocycles. The molecule has 0 saturated heterocycles. The fraction of sp³-hybridized carbons (Fsp3) is 0.333. The Morgan fingerprint density at radius 3 is 2.76 bits per heavy atom. The molecule has 6 heteroatoms. The van der Waals surface area contributed by atoms with Crippen molar-refractivity contribution in [3.05, 3.63) is 52.7 Å². The molecule has 0 bridgehead atoms. The Morgan fingerprint density at radius 1 is 1.33 bits per heavy atom. The van der Waals surface area contributed by atoms with Gasteiger partial charge in [-0.1, -0.05) is 24.6 Å². The van der Waals surface area contributed by atoms with E-state index in [1.807, 2.05) is 0 Å². The summed E-state index contributed by atoms with van der Waals surface area (Å²) in [6.07, 6.45) is 4.12. The van der Waals surface area contributed by atoms with E-state index in [4.69, 9.17) is 16.3 Å². The van der Waals surface area contributed by atoms with E-state index in [2.05, 4.69) is 22.2 Å². The highest BCUT2D eigenvalue weighted by Gasteiger charge is 2.21. The Balaban J connectivity index is 2.44. The second kappa shape index (κ2) is 7.33. The van der Waals surface area contributed by atoms with Crippen LogP contribution in [0.15, 0.2) is 30.6 Å². The largest absolute Gasteiger partial charge is 0.480 e. The van der Waals surface area contributed by atoms with Gasteiger partial charge in [0, 0.05) is 12.4 Å². The van der Waals surface area contributed by atoms with E-state index in [0.717, 1.165) is 18.5 Å². The Kier molecular flexibility index (Phi) is 5.47. The average Bonchev–Trinajstić information content (AvgIpc) is 2.51. The summed E-state index contributed by atoms with van der Waals surface area (Å²) in [6, 6.07) is 4.37. The van der Waals surface area contributed by atoms with Crippen LogP contribution in [-0.4, -0.2) is 23.6 Å². The van der Waals surface area contributed by atoms with Gasteiger partial charge in [0.15, 0.2) is 0 Å². The number of hydrogen-bond donors (Lipinski definition) is 1. The van der Waals surface area contributed by atoms with Crippen molar-refractivity contribution in [1.29, 1.82) is 0 Å². The number of nitrogens with one attached hydrogen (secondary N) is 1. The Morgan fingerprint density at radius 2 is 2.10 bits per heavy atom. The average molecular weight is 310 g/mol. The van der Waals surface area contributed by atoms with Crippen LogP contribution in [-0.2, 0) is 0 Å². The van der Waals surface area contributed by atoms with Gasteiger partial charge in [-0.3, -0.25) is 4.98 Å². The lowest BCUT2D eigenvalue weighted by molar-refractivity contribution is 0.382. The maximum atomic E-state index is 13.4. The van der Waals surface area contributed by atoms with Crippen molar-refractivity contribution in [1.82, 2.24) is 15.3 Å². The van der Waals surface area contributed by atoms with Crippen LogP contribution < -0.4 is 10.1 Å². The van der Waals surface area contributed by atoms with Crippen LogP contribution in [0.25, 0.3) is 0 Å². The van der Waals surface area contributed by atoms with Crippen molar-refractivity contribution in [2.75, 3.05) is 13.7 Å². The molecule has 112 valence electrons. The first-order valence-electron chi connectivity index (χ1n) is 6.70. The molecule has 0 aliphatic rings. The lowest BCUT2D eigenvalue weighted by Crippen LogP contribution is -2.25. The van der Waals surface area contributed by atoms with Crippen molar-refractivity contribution in [2.45, 2.75) is 19.4 Å². The number of ether oxygens (including phenoxy) is 1. The Labute approximate surface area is 128 Å². The third kappa shape index (κ3) is 3.68. The zero-order valence-corrected chi connectivity index (χ0v) is 12.7. The Bertz CT molecular complexity index is 609. The van der Waals surface area contributed by atoms with E-state index >= 15 is 0 Å². The summed E-state index contributed by atoms with van der Waals surface area (Å²) in [5.41, 5.74) is 1.46. The first kappa shape index (κ1) is 15.7. The molecular weight excluding hydrogens is 293 g/mol. The van der Waals surface area contributed by atoms with Crippen LogP contribution in [0.3, 0.4) is 0 Å². The summed E-state index contributed by atoms with van der Waals surface area (Å²) in [6.45, 7) is 2.84. The standard InChI is InChI=1S/C15H17ClFN3O/c1-3-6-18-13(10-4-5-12(17)11(16)9-10)14-15(21-2)20-8-7-19-14/h4-5,7-9,13,18H,3,6H2,1-2H3. The highest BCUT2D eigenvalue weighted by atomic mass is 35.5. The summed E-state index contributed by atoms with van der Waals surface area (Å²) in [4.78, 5) is 8.50. The van der Waals surface area contributed by atoms with Crippen molar-refractivity contribution < 1.29 is 9.13 Å². The summed E-state index contributed by atoms with van der Waals surface area (Å²) in [7, 11) is 1.54. The van der Waals surface area contributed by atoms with Gasteiger partial charge in [0.25, 0.3) is 0 Å². The molecule has 0 spiro atoms. The topological polar surface area (TPSA) is 47.0 Å². The van der Waals surface area contributed by atoms with Crippen LogP contribution in [0.4, 0.5) is 4.39 Å². The van der Waals surface area contributed by atoms with E-state index in [1.54, 1.807) is 31.6 Å². The molecule has 0 aliphatic heterocycles. The van der Waals surface area contributed by atoms with E-state index in [1.165, 1.54) is 6.07 Å². The number of rotatable bonds is 6. The van der Waals surface area contributed by atoms with Gasteiger partial charge in [0.05, 0.1) is 18.2 Å². The molecule has 2 rings (SSSR count). The number of halogens is 2. The molecule has 0 fully saturated rings. The number of nitrogens with zero attached hydrogens (tertiary/aromatic N) is 2. The van der Waals surface area contributed by atoms with Gasteiger partial charge >= 0.3 is 0 Å². The normalized spacial score (nSPS) is 12.2. The minimum atomic E-state index is -0.444. The lowest BCUT2D eigenvalue weighted by Gasteiger charge is -2.20. The predicted octanol–water partition coefficient (Wildman–Crippen LogP) is 3.37. The molecule has 1 aromatic carbocycles. The molecule has 1 atom stereocenters. The molecule has 0 amide bonds. The fourth-order valence-corrected chi connectivity index (χ4v) is 2.23. The molecular formula is C15H17ClFN3O. The Hall–Kier alpha value is -1.72. The lowest BCUT2D eigenvalue weighted by atomic mass is 10.0. The van der Waals surface area contributed by atoms with Crippen molar-refractivity contribution in [2.24, 2.45) is 0 Å². The monoisotopic (exact) mass is 309 g/mol. The van der Waals surface area contributed by atoms with Crippen LogP contribution in [0.1, 0.15) is 30.6 Å². The first-order valence-corrected chi connectivity index (χ1v) is 7.08. The van der Waals surface area contributed by atoms with E-state index < -0.39 is 5.82 Å². The van der Waals surface area contributed by atoms with E-state index in [9.17, 15) is 4.39 Å². The molecule has 4 nitrogen and oxygen atoms in total. The molecule has 1 N–H and O–H groups in total. The summed E-state index contributed by atoms with van der Waals surface area (Å²) < 4.78 is 18.6. The van der Waals surface area contributed by atoms with Gasteiger partial charge in [0.1, 0.15) is 11.5 Å². The van der Waals surface area contributed by atoms with Gasteiger partial charge < -0.3 is 10.1 Å². The second-order valence-corrected chi connectivity index (χ2v) is 4.92.